The van der Waals surface area contributed by atoms with Crippen molar-refractivity contribution in [1.29, 1.82) is 0 Å². The molecule has 1 atom stereocenters. The molecule has 0 heterocycles. The van der Waals surface area contributed by atoms with Gasteiger partial charge in [0.05, 0.1) is 0 Å². The van der Waals surface area contributed by atoms with Gasteiger partial charge in [0.25, 0.3) is 0 Å². The molecular formula is C10H23N3O. The molecule has 4 nitrogen and oxygen atoms in total. The third kappa shape index (κ3) is 7.86. The van der Waals surface area contributed by atoms with Crippen molar-refractivity contribution in [2.24, 2.45) is 11.7 Å². The molecule has 0 aliphatic heterocycles. The van der Waals surface area contributed by atoms with Gasteiger partial charge in [-0.3, -0.25) is 0 Å². The number of nitrogens with one attached hydrogen (secondary N) is 2. The zero-order valence-electron chi connectivity index (χ0n) is 9.47. The summed E-state index contributed by atoms with van der Waals surface area (Å²) in [7, 11) is 0. The second-order valence-corrected chi connectivity index (χ2v) is 4.03. The van der Waals surface area contributed by atoms with E-state index in [1.165, 1.54) is 0 Å². The Kier molecular flexibility index (Phi) is 7.20. The molecule has 0 aromatic carbocycles. The summed E-state index contributed by atoms with van der Waals surface area (Å²) in [6.07, 6.45) is 1.89. The lowest BCUT2D eigenvalue weighted by Crippen LogP contribution is -2.43. The Hall–Kier alpha value is -0.770. The molecule has 0 aromatic rings. The smallest absolute Gasteiger partial charge is 0.314 e. The first-order chi connectivity index (χ1) is 6.56. The minimum absolute atomic E-state index is 0.0578. The Labute approximate surface area is 86.6 Å². The van der Waals surface area contributed by atoms with Gasteiger partial charge in [-0.25, -0.2) is 4.79 Å². The maximum absolute atomic E-state index is 11.1. The number of hydrogen-bond acceptors (Lipinski definition) is 2. The Morgan fingerprint density at radius 2 is 2.00 bits per heavy atom. The average molecular weight is 201 g/mol. The molecule has 0 radical (unpaired) electrons. The van der Waals surface area contributed by atoms with E-state index in [0.29, 0.717) is 19.0 Å². The minimum Gasteiger partial charge on any atom is -0.338 e. The first-order valence-electron chi connectivity index (χ1n) is 5.33. The minimum atomic E-state index is -0.119. The predicted molar refractivity (Wildman–Crippen MR) is 59.1 cm³/mol. The van der Waals surface area contributed by atoms with E-state index >= 15 is 0 Å². The van der Waals surface area contributed by atoms with Gasteiger partial charge in [-0.2, -0.15) is 0 Å². The Morgan fingerprint density at radius 1 is 1.36 bits per heavy atom. The quantitative estimate of drug-likeness (QED) is 0.601. The fraction of sp³-hybridized carbons (Fsp3) is 0.900. The van der Waals surface area contributed by atoms with Crippen LogP contribution in [0.2, 0.25) is 0 Å². The van der Waals surface area contributed by atoms with E-state index in [2.05, 4.69) is 24.5 Å². The molecular weight excluding hydrogens is 178 g/mol. The summed E-state index contributed by atoms with van der Waals surface area (Å²) < 4.78 is 0. The topological polar surface area (TPSA) is 67.2 Å². The van der Waals surface area contributed by atoms with Crippen molar-refractivity contribution >= 4 is 6.03 Å². The summed E-state index contributed by atoms with van der Waals surface area (Å²) in [5.74, 6) is 0.575. The van der Waals surface area contributed by atoms with Crippen LogP contribution in [0.5, 0.6) is 0 Å². The molecule has 0 saturated carbocycles. The number of urea groups is 1. The summed E-state index contributed by atoms with van der Waals surface area (Å²) >= 11 is 0. The zero-order valence-corrected chi connectivity index (χ0v) is 9.47. The lowest BCUT2D eigenvalue weighted by atomic mass is 10.0. The molecule has 0 saturated heterocycles. The van der Waals surface area contributed by atoms with Gasteiger partial charge in [-0.1, -0.05) is 20.8 Å². The molecule has 0 aromatic heterocycles. The first-order valence-corrected chi connectivity index (χ1v) is 5.33. The molecule has 84 valence electrons. The summed E-state index contributed by atoms with van der Waals surface area (Å²) in [5.41, 5.74) is 5.81. The van der Waals surface area contributed by atoms with Crippen LogP contribution >= 0.6 is 0 Å². The molecule has 4 N–H and O–H groups in total. The summed E-state index contributed by atoms with van der Waals surface area (Å²) in [4.78, 5) is 11.1. The fourth-order valence-corrected chi connectivity index (χ4v) is 1.21. The molecule has 0 spiro atoms. The lowest BCUT2D eigenvalue weighted by molar-refractivity contribution is 0.239. The van der Waals surface area contributed by atoms with Crippen LogP contribution < -0.4 is 16.4 Å². The molecule has 0 aliphatic carbocycles. The molecule has 0 rings (SSSR count). The molecule has 2 amide bonds. The van der Waals surface area contributed by atoms with Gasteiger partial charge in [0.15, 0.2) is 0 Å². The number of hydrogen-bond donors (Lipinski definition) is 3. The van der Waals surface area contributed by atoms with E-state index in [1.807, 2.05) is 6.92 Å². The van der Waals surface area contributed by atoms with Crippen LogP contribution in [-0.2, 0) is 0 Å². The first kappa shape index (κ1) is 13.2. The second kappa shape index (κ2) is 7.62. The highest BCUT2D eigenvalue weighted by molar-refractivity contribution is 5.73. The highest BCUT2D eigenvalue weighted by Crippen LogP contribution is 2.01. The maximum atomic E-state index is 11.1. The molecule has 1 unspecified atom stereocenters. The Balaban J connectivity index is 3.45. The van der Waals surface area contributed by atoms with Crippen LogP contribution in [0.3, 0.4) is 0 Å². The van der Waals surface area contributed by atoms with Gasteiger partial charge in [-0.15, -0.1) is 0 Å². The van der Waals surface area contributed by atoms with Gasteiger partial charge in [0.2, 0.25) is 0 Å². The predicted octanol–water partition coefficient (Wildman–Crippen LogP) is 1.07. The number of carbonyl (C=O) groups is 1. The van der Waals surface area contributed by atoms with Gasteiger partial charge in [0, 0.05) is 19.1 Å². The van der Waals surface area contributed by atoms with Crippen LogP contribution in [0.4, 0.5) is 4.79 Å². The highest BCUT2D eigenvalue weighted by Gasteiger charge is 2.06. The third-order valence-electron chi connectivity index (χ3n) is 1.83. The van der Waals surface area contributed by atoms with E-state index < -0.39 is 0 Å². The number of rotatable bonds is 6. The van der Waals surface area contributed by atoms with Crippen LogP contribution in [-0.4, -0.2) is 25.2 Å². The average Bonchev–Trinajstić information content (AvgIpc) is 2.10. The van der Waals surface area contributed by atoms with Crippen molar-refractivity contribution in [3.63, 3.8) is 0 Å². The molecule has 0 aliphatic rings. The van der Waals surface area contributed by atoms with Crippen molar-refractivity contribution in [2.75, 3.05) is 13.1 Å². The number of nitrogens with two attached hydrogens (primary N) is 1. The van der Waals surface area contributed by atoms with E-state index in [9.17, 15) is 4.79 Å². The van der Waals surface area contributed by atoms with Gasteiger partial charge < -0.3 is 16.4 Å². The highest BCUT2D eigenvalue weighted by atomic mass is 16.2. The Bertz CT molecular complexity index is 159. The van der Waals surface area contributed by atoms with Gasteiger partial charge in [0.1, 0.15) is 0 Å². The number of carbonyl (C=O) groups excluding carboxylic acids is 1. The summed E-state index contributed by atoms with van der Waals surface area (Å²) in [6.45, 7) is 7.53. The third-order valence-corrected chi connectivity index (χ3v) is 1.83. The van der Waals surface area contributed by atoms with Crippen molar-refractivity contribution in [2.45, 2.75) is 39.7 Å². The fourth-order valence-electron chi connectivity index (χ4n) is 1.21. The van der Waals surface area contributed by atoms with Crippen molar-refractivity contribution < 1.29 is 4.79 Å². The maximum Gasteiger partial charge on any atom is 0.314 e. The lowest BCUT2D eigenvalue weighted by Gasteiger charge is -2.14. The molecule has 0 fully saturated rings. The SMILES string of the molecule is CCCNC(=O)NCC(N)CC(C)C. The van der Waals surface area contributed by atoms with E-state index in [4.69, 9.17) is 5.73 Å². The van der Waals surface area contributed by atoms with Crippen LogP contribution in [0.25, 0.3) is 0 Å². The number of amides is 2. The largest absolute Gasteiger partial charge is 0.338 e. The van der Waals surface area contributed by atoms with Crippen molar-refractivity contribution in [1.82, 2.24) is 10.6 Å². The van der Waals surface area contributed by atoms with Crippen LogP contribution in [0.1, 0.15) is 33.6 Å². The second-order valence-electron chi connectivity index (χ2n) is 4.03. The molecule has 4 heteroatoms. The summed E-state index contributed by atoms with van der Waals surface area (Å²) in [6, 6.07) is -0.0616. The van der Waals surface area contributed by atoms with E-state index in [1.54, 1.807) is 0 Å². The zero-order chi connectivity index (χ0) is 11.0. The van der Waals surface area contributed by atoms with Crippen LogP contribution in [0, 0.1) is 5.92 Å². The molecule has 14 heavy (non-hydrogen) atoms. The van der Waals surface area contributed by atoms with Gasteiger partial charge in [-0.05, 0) is 18.8 Å². The van der Waals surface area contributed by atoms with E-state index in [0.717, 1.165) is 12.8 Å². The normalized spacial score (nSPS) is 12.6. The van der Waals surface area contributed by atoms with Gasteiger partial charge >= 0.3 is 6.03 Å². The summed E-state index contributed by atoms with van der Waals surface area (Å²) in [5, 5.41) is 5.48. The van der Waals surface area contributed by atoms with Crippen molar-refractivity contribution in [3.8, 4) is 0 Å². The molecule has 0 bridgehead atoms. The monoisotopic (exact) mass is 201 g/mol. The van der Waals surface area contributed by atoms with Crippen LogP contribution in [0.15, 0.2) is 0 Å². The standard InChI is InChI=1S/C10H23N3O/c1-4-5-12-10(14)13-7-9(11)6-8(2)3/h8-9H,4-7,11H2,1-3H3,(H2,12,13,14). The van der Waals surface area contributed by atoms with E-state index in [-0.39, 0.29) is 12.1 Å². The Morgan fingerprint density at radius 3 is 2.50 bits per heavy atom. The van der Waals surface area contributed by atoms with Crippen molar-refractivity contribution in [3.05, 3.63) is 0 Å².